The minimum absolute atomic E-state index is 0.0763. The third-order valence-corrected chi connectivity index (χ3v) is 5.35. The smallest absolute Gasteiger partial charge is 0.323 e. The van der Waals surface area contributed by atoms with Crippen molar-refractivity contribution in [3.8, 4) is 11.1 Å². The SMILES string of the molecule is C=CCCC[C@@](C)(C(=O)O)C(=O)OCC1c2ccccc2-c2ccccc21. The predicted molar refractivity (Wildman–Crippen MR) is 104 cm³/mol. The fourth-order valence-corrected chi connectivity index (χ4v) is 3.65. The van der Waals surface area contributed by atoms with Crippen LogP contribution < -0.4 is 0 Å². The lowest BCUT2D eigenvalue weighted by molar-refractivity contribution is -0.168. The first kappa shape index (κ1) is 18.9. The average Bonchev–Trinajstić information content (AvgIpc) is 3.00. The van der Waals surface area contributed by atoms with Gasteiger partial charge in [0.25, 0.3) is 0 Å². The molecule has 0 saturated heterocycles. The predicted octanol–water partition coefficient (Wildman–Crippen LogP) is 4.79. The Balaban J connectivity index is 1.78. The molecule has 2 aromatic carbocycles. The highest BCUT2D eigenvalue weighted by atomic mass is 16.5. The summed E-state index contributed by atoms with van der Waals surface area (Å²) in [6, 6.07) is 16.1. The molecule has 1 atom stereocenters. The molecule has 0 bridgehead atoms. The van der Waals surface area contributed by atoms with Crippen molar-refractivity contribution in [2.45, 2.75) is 32.1 Å². The van der Waals surface area contributed by atoms with Gasteiger partial charge in [-0.3, -0.25) is 9.59 Å². The van der Waals surface area contributed by atoms with Crippen LogP contribution in [-0.2, 0) is 14.3 Å². The van der Waals surface area contributed by atoms with E-state index in [-0.39, 0.29) is 18.9 Å². The van der Waals surface area contributed by atoms with E-state index in [4.69, 9.17) is 4.74 Å². The monoisotopic (exact) mass is 364 g/mol. The molecule has 3 rings (SSSR count). The first-order valence-corrected chi connectivity index (χ1v) is 9.19. The number of fused-ring (bicyclic) bond motifs is 3. The second-order valence-corrected chi connectivity index (χ2v) is 7.14. The molecule has 0 fully saturated rings. The third kappa shape index (κ3) is 3.52. The second-order valence-electron chi connectivity index (χ2n) is 7.14. The van der Waals surface area contributed by atoms with Crippen LogP contribution in [-0.4, -0.2) is 23.7 Å². The van der Waals surface area contributed by atoms with Gasteiger partial charge in [-0.05, 0) is 48.4 Å². The van der Waals surface area contributed by atoms with Crippen molar-refractivity contribution in [2.24, 2.45) is 5.41 Å². The van der Waals surface area contributed by atoms with Crippen molar-refractivity contribution in [2.75, 3.05) is 6.61 Å². The van der Waals surface area contributed by atoms with Crippen LogP contribution in [0.3, 0.4) is 0 Å². The van der Waals surface area contributed by atoms with Crippen LogP contribution in [0.2, 0.25) is 0 Å². The molecule has 0 radical (unpaired) electrons. The molecule has 27 heavy (non-hydrogen) atoms. The van der Waals surface area contributed by atoms with E-state index in [1.807, 2.05) is 36.4 Å². The lowest BCUT2D eigenvalue weighted by atomic mass is 9.85. The maximum Gasteiger partial charge on any atom is 0.323 e. The number of hydrogen-bond donors (Lipinski definition) is 1. The summed E-state index contributed by atoms with van der Waals surface area (Å²) in [5.41, 5.74) is 2.95. The van der Waals surface area contributed by atoms with Crippen LogP contribution in [0.25, 0.3) is 11.1 Å². The van der Waals surface area contributed by atoms with E-state index >= 15 is 0 Å². The topological polar surface area (TPSA) is 63.6 Å². The zero-order valence-electron chi connectivity index (χ0n) is 15.5. The zero-order chi connectivity index (χ0) is 19.4. The molecule has 2 aromatic rings. The van der Waals surface area contributed by atoms with Crippen molar-refractivity contribution in [1.82, 2.24) is 0 Å². The zero-order valence-corrected chi connectivity index (χ0v) is 15.5. The number of hydrogen-bond acceptors (Lipinski definition) is 3. The Morgan fingerprint density at radius 3 is 2.19 bits per heavy atom. The van der Waals surface area contributed by atoms with Gasteiger partial charge >= 0.3 is 11.9 Å². The average molecular weight is 364 g/mol. The highest BCUT2D eigenvalue weighted by Gasteiger charge is 2.43. The molecule has 0 unspecified atom stereocenters. The van der Waals surface area contributed by atoms with Crippen LogP contribution in [0.4, 0.5) is 0 Å². The number of rotatable bonds is 8. The normalized spacial score (nSPS) is 14.7. The molecule has 4 nitrogen and oxygen atoms in total. The van der Waals surface area contributed by atoms with Crippen molar-refractivity contribution in [3.63, 3.8) is 0 Å². The fourth-order valence-electron chi connectivity index (χ4n) is 3.65. The van der Waals surface area contributed by atoms with E-state index < -0.39 is 17.4 Å². The van der Waals surface area contributed by atoms with Crippen LogP contribution >= 0.6 is 0 Å². The van der Waals surface area contributed by atoms with Gasteiger partial charge in [-0.2, -0.15) is 0 Å². The molecular formula is C23H24O4. The maximum atomic E-state index is 12.7. The number of ether oxygens (including phenoxy) is 1. The van der Waals surface area contributed by atoms with Crippen molar-refractivity contribution >= 4 is 11.9 Å². The minimum Gasteiger partial charge on any atom is -0.480 e. The molecule has 1 aliphatic rings. The summed E-state index contributed by atoms with van der Waals surface area (Å²) in [7, 11) is 0. The number of carbonyl (C=O) groups is 2. The highest BCUT2D eigenvalue weighted by molar-refractivity contribution is 5.98. The lowest BCUT2D eigenvalue weighted by Gasteiger charge is -2.24. The van der Waals surface area contributed by atoms with Crippen molar-refractivity contribution in [1.29, 1.82) is 0 Å². The molecule has 0 heterocycles. The van der Waals surface area contributed by atoms with Gasteiger partial charge < -0.3 is 9.84 Å². The van der Waals surface area contributed by atoms with Gasteiger partial charge in [0.2, 0.25) is 0 Å². The van der Waals surface area contributed by atoms with E-state index in [0.29, 0.717) is 12.8 Å². The number of carboxylic acid groups (broad SMARTS) is 1. The molecule has 1 aliphatic carbocycles. The number of carbonyl (C=O) groups excluding carboxylic acids is 1. The van der Waals surface area contributed by atoms with E-state index in [1.54, 1.807) is 6.08 Å². The summed E-state index contributed by atoms with van der Waals surface area (Å²) in [5.74, 6) is -1.91. The number of unbranched alkanes of at least 4 members (excludes halogenated alkanes) is 1. The molecule has 0 amide bonds. The third-order valence-electron chi connectivity index (χ3n) is 5.35. The largest absolute Gasteiger partial charge is 0.480 e. The molecular weight excluding hydrogens is 340 g/mol. The Labute approximate surface area is 159 Å². The summed E-state index contributed by atoms with van der Waals surface area (Å²) >= 11 is 0. The summed E-state index contributed by atoms with van der Waals surface area (Å²) in [6.45, 7) is 5.22. The number of allylic oxidation sites excluding steroid dienone is 1. The van der Waals surface area contributed by atoms with Crippen LogP contribution in [0.1, 0.15) is 43.2 Å². The summed E-state index contributed by atoms with van der Waals surface area (Å²) in [6.07, 6.45) is 3.20. The molecule has 4 heteroatoms. The lowest BCUT2D eigenvalue weighted by Crippen LogP contribution is -2.38. The molecule has 140 valence electrons. The van der Waals surface area contributed by atoms with Gasteiger partial charge in [-0.15, -0.1) is 6.58 Å². The van der Waals surface area contributed by atoms with Gasteiger partial charge in [0.1, 0.15) is 6.61 Å². The maximum absolute atomic E-state index is 12.7. The first-order valence-electron chi connectivity index (χ1n) is 9.19. The Morgan fingerprint density at radius 1 is 1.11 bits per heavy atom. The van der Waals surface area contributed by atoms with Gasteiger partial charge in [-0.1, -0.05) is 54.6 Å². The van der Waals surface area contributed by atoms with Crippen molar-refractivity contribution in [3.05, 3.63) is 72.3 Å². The quantitative estimate of drug-likeness (QED) is 0.317. The minimum atomic E-state index is -1.54. The van der Waals surface area contributed by atoms with Gasteiger partial charge in [0.05, 0.1) is 0 Å². The molecule has 1 N–H and O–H groups in total. The molecule has 0 saturated carbocycles. The van der Waals surface area contributed by atoms with E-state index in [0.717, 1.165) is 22.3 Å². The number of carboxylic acids is 1. The van der Waals surface area contributed by atoms with Crippen LogP contribution in [0, 0.1) is 5.41 Å². The molecule has 0 spiro atoms. The number of benzene rings is 2. The van der Waals surface area contributed by atoms with Crippen LogP contribution in [0.5, 0.6) is 0 Å². The second kappa shape index (κ2) is 7.78. The molecule has 0 aliphatic heterocycles. The Bertz CT molecular complexity index is 825. The first-order chi connectivity index (χ1) is 13.0. The van der Waals surface area contributed by atoms with E-state index in [9.17, 15) is 14.7 Å². The van der Waals surface area contributed by atoms with E-state index in [2.05, 4.69) is 18.7 Å². The standard InChI is InChI=1S/C23H24O4/c1-3-4-9-14-23(2,21(24)25)22(26)27-15-20-18-12-7-5-10-16(18)17-11-6-8-13-19(17)20/h3,5-8,10-13,20H,1,4,9,14-15H2,2H3,(H,24,25)/t23-/m0/s1. The Morgan fingerprint density at radius 2 is 1.67 bits per heavy atom. The Kier molecular flexibility index (Phi) is 5.45. The Hall–Kier alpha value is -2.88. The summed E-state index contributed by atoms with van der Waals surface area (Å²) in [5, 5.41) is 9.58. The van der Waals surface area contributed by atoms with Crippen molar-refractivity contribution < 1.29 is 19.4 Å². The summed E-state index contributed by atoms with van der Waals surface area (Å²) < 4.78 is 5.55. The van der Waals surface area contributed by atoms with Gasteiger partial charge in [0.15, 0.2) is 5.41 Å². The summed E-state index contributed by atoms with van der Waals surface area (Å²) in [4.78, 5) is 24.4. The van der Waals surface area contributed by atoms with Gasteiger partial charge in [0, 0.05) is 5.92 Å². The number of esters is 1. The fraction of sp³-hybridized carbons (Fsp3) is 0.304. The van der Waals surface area contributed by atoms with Gasteiger partial charge in [-0.25, -0.2) is 0 Å². The van der Waals surface area contributed by atoms with Crippen LogP contribution in [0.15, 0.2) is 61.2 Å². The highest BCUT2D eigenvalue weighted by Crippen LogP contribution is 2.44. The number of aliphatic carboxylic acids is 1. The molecule has 0 aromatic heterocycles. The van der Waals surface area contributed by atoms with E-state index in [1.165, 1.54) is 6.92 Å².